The molecule has 7 nitrogen and oxygen atoms in total. The fraction of sp³-hybridized carbons (Fsp3) is 0.312. The zero-order chi connectivity index (χ0) is 16.9. The van der Waals surface area contributed by atoms with Crippen LogP contribution in [0.1, 0.15) is 11.6 Å². The number of nitrogens with one attached hydrogen (secondary N) is 1. The highest BCUT2D eigenvalue weighted by Gasteiger charge is 2.30. The second-order valence-electron chi connectivity index (χ2n) is 5.51. The zero-order valence-corrected chi connectivity index (χ0v) is 13.9. The first kappa shape index (κ1) is 16.4. The summed E-state index contributed by atoms with van der Waals surface area (Å²) in [4.78, 5) is 31.9. The maximum atomic E-state index is 12.2. The van der Waals surface area contributed by atoms with Gasteiger partial charge < -0.3 is 10.6 Å². The van der Waals surface area contributed by atoms with Crippen molar-refractivity contribution in [2.45, 2.75) is 6.04 Å². The van der Waals surface area contributed by atoms with Gasteiger partial charge >= 0.3 is 6.03 Å². The summed E-state index contributed by atoms with van der Waals surface area (Å²) in [6.45, 7) is 2.25. The van der Waals surface area contributed by atoms with Gasteiger partial charge in [0.25, 0.3) is 0 Å². The molecule has 0 radical (unpaired) electrons. The summed E-state index contributed by atoms with van der Waals surface area (Å²) >= 11 is 1.38. The third-order valence-corrected chi connectivity index (χ3v) is 4.69. The summed E-state index contributed by atoms with van der Waals surface area (Å²) in [6.07, 6.45) is 1.65. The lowest BCUT2D eigenvalue weighted by atomic mass is 10.0. The molecule has 1 unspecified atom stereocenters. The van der Waals surface area contributed by atoms with Gasteiger partial charge in [-0.1, -0.05) is 30.3 Å². The number of carbonyl (C=O) groups is 2. The monoisotopic (exact) mass is 345 g/mol. The van der Waals surface area contributed by atoms with E-state index in [1.54, 1.807) is 11.1 Å². The molecule has 2 aromatic rings. The van der Waals surface area contributed by atoms with E-state index < -0.39 is 6.04 Å². The summed E-state index contributed by atoms with van der Waals surface area (Å²) < 4.78 is 0. The molecule has 3 amide bonds. The van der Waals surface area contributed by atoms with Gasteiger partial charge in [-0.15, -0.1) is 11.3 Å². The van der Waals surface area contributed by atoms with Crippen molar-refractivity contribution in [3.05, 3.63) is 47.5 Å². The average Bonchev–Trinajstić information content (AvgIpc) is 3.09. The van der Waals surface area contributed by atoms with Crippen LogP contribution in [0.3, 0.4) is 0 Å². The van der Waals surface area contributed by atoms with Gasteiger partial charge in [0.1, 0.15) is 6.04 Å². The lowest BCUT2D eigenvalue weighted by Crippen LogP contribution is -2.52. The predicted molar refractivity (Wildman–Crippen MR) is 92.7 cm³/mol. The van der Waals surface area contributed by atoms with E-state index in [2.05, 4.69) is 10.3 Å². The van der Waals surface area contributed by atoms with Crippen molar-refractivity contribution in [3.8, 4) is 0 Å². The first-order chi connectivity index (χ1) is 11.6. The van der Waals surface area contributed by atoms with Crippen LogP contribution in [0.2, 0.25) is 0 Å². The number of aromatic nitrogens is 1. The van der Waals surface area contributed by atoms with Crippen LogP contribution < -0.4 is 11.1 Å². The van der Waals surface area contributed by atoms with Gasteiger partial charge in [-0.25, -0.2) is 9.78 Å². The molecule has 0 bridgehead atoms. The van der Waals surface area contributed by atoms with E-state index in [9.17, 15) is 9.59 Å². The first-order valence-electron chi connectivity index (χ1n) is 7.69. The summed E-state index contributed by atoms with van der Waals surface area (Å²) in [5.41, 5.74) is 6.48. The number of anilines is 1. The second kappa shape index (κ2) is 7.41. The topological polar surface area (TPSA) is 91.6 Å². The predicted octanol–water partition coefficient (Wildman–Crippen LogP) is 1.52. The van der Waals surface area contributed by atoms with Gasteiger partial charge in [0.05, 0.1) is 0 Å². The number of thiazole rings is 1. The Bertz CT molecular complexity index is 684. The number of piperazine rings is 1. The molecule has 126 valence electrons. The molecule has 1 fully saturated rings. The molecular formula is C16H19N5O2S. The van der Waals surface area contributed by atoms with Crippen LogP contribution in [0.25, 0.3) is 0 Å². The van der Waals surface area contributed by atoms with Crippen LogP contribution in [-0.2, 0) is 4.79 Å². The second-order valence-corrected chi connectivity index (χ2v) is 6.40. The Morgan fingerprint density at radius 3 is 2.46 bits per heavy atom. The quantitative estimate of drug-likeness (QED) is 0.879. The number of hydrogen-bond acceptors (Lipinski definition) is 5. The highest BCUT2D eigenvalue weighted by atomic mass is 32.1. The summed E-state index contributed by atoms with van der Waals surface area (Å²) in [5, 5.41) is 5.17. The molecule has 1 atom stereocenters. The molecule has 0 saturated carbocycles. The number of primary amides is 1. The van der Waals surface area contributed by atoms with E-state index in [-0.39, 0.29) is 11.9 Å². The van der Waals surface area contributed by atoms with Gasteiger partial charge in [-0.3, -0.25) is 15.0 Å². The SMILES string of the molecule is NC(=O)C(c1ccccc1)N1CCN(C(=O)Nc2nccs2)CC1. The summed E-state index contributed by atoms with van der Waals surface area (Å²) in [5.74, 6) is -0.373. The van der Waals surface area contributed by atoms with E-state index in [0.717, 1.165) is 5.56 Å². The number of benzene rings is 1. The number of nitrogens with two attached hydrogens (primary N) is 1. The smallest absolute Gasteiger partial charge is 0.323 e. The van der Waals surface area contributed by atoms with E-state index >= 15 is 0 Å². The van der Waals surface area contributed by atoms with E-state index in [4.69, 9.17) is 5.73 Å². The number of amides is 3. The van der Waals surface area contributed by atoms with Crippen molar-refractivity contribution in [2.75, 3.05) is 31.5 Å². The molecular weight excluding hydrogens is 326 g/mol. The van der Waals surface area contributed by atoms with Crippen molar-refractivity contribution in [2.24, 2.45) is 5.73 Å². The Hall–Kier alpha value is -2.45. The van der Waals surface area contributed by atoms with Crippen LogP contribution in [0.4, 0.5) is 9.93 Å². The standard InChI is InChI=1S/C16H19N5O2S/c17-14(22)13(12-4-2-1-3-5-12)20-7-9-21(10-8-20)16(23)19-15-18-6-11-24-15/h1-6,11,13H,7-10H2,(H2,17,22)(H,18,19,23). The van der Waals surface area contributed by atoms with Crippen LogP contribution in [0.15, 0.2) is 41.9 Å². The van der Waals surface area contributed by atoms with Crippen molar-refractivity contribution in [1.29, 1.82) is 0 Å². The van der Waals surface area contributed by atoms with Crippen LogP contribution in [0.5, 0.6) is 0 Å². The minimum absolute atomic E-state index is 0.167. The van der Waals surface area contributed by atoms with Crippen LogP contribution in [0, 0.1) is 0 Å². The molecule has 1 aromatic carbocycles. The van der Waals surface area contributed by atoms with E-state index in [0.29, 0.717) is 31.3 Å². The van der Waals surface area contributed by atoms with Crippen molar-refractivity contribution < 1.29 is 9.59 Å². The molecule has 1 saturated heterocycles. The first-order valence-corrected chi connectivity index (χ1v) is 8.57. The van der Waals surface area contributed by atoms with Gasteiger partial charge in [0.15, 0.2) is 5.13 Å². The van der Waals surface area contributed by atoms with Gasteiger partial charge in [0, 0.05) is 37.8 Å². The third-order valence-electron chi connectivity index (χ3n) is 4.00. The van der Waals surface area contributed by atoms with Crippen LogP contribution in [-0.4, -0.2) is 52.9 Å². The average molecular weight is 345 g/mol. The molecule has 1 aliphatic rings. The van der Waals surface area contributed by atoms with Crippen LogP contribution >= 0.6 is 11.3 Å². The number of nitrogens with zero attached hydrogens (tertiary/aromatic N) is 3. The van der Waals surface area contributed by atoms with E-state index in [1.807, 2.05) is 40.6 Å². The molecule has 1 aliphatic heterocycles. The Labute approximate surface area is 144 Å². The van der Waals surface area contributed by atoms with Crippen molar-refractivity contribution in [3.63, 3.8) is 0 Å². The van der Waals surface area contributed by atoms with Gasteiger partial charge in [-0.2, -0.15) is 0 Å². The number of urea groups is 1. The largest absolute Gasteiger partial charge is 0.368 e. The van der Waals surface area contributed by atoms with E-state index in [1.165, 1.54) is 11.3 Å². The van der Waals surface area contributed by atoms with Crippen molar-refractivity contribution in [1.82, 2.24) is 14.8 Å². The minimum atomic E-state index is -0.463. The van der Waals surface area contributed by atoms with Crippen molar-refractivity contribution >= 4 is 28.4 Å². The minimum Gasteiger partial charge on any atom is -0.368 e. The molecule has 3 rings (SSSR count). The molecule has 0 aliphatic carbocycles. The molecule has 1 aromatic heterocycles. The Morgan fingerprint density at radius 1 is 1.17 bits per heavy atom. The maximum Gasteiger partial charge on any atom is 0.323 e. The molecule has 2 heterocycles. The normalized spacial score (nSPS) is 16.6. The lowest BCUT2D eigenvalue weighted by molar-refractivity contribution is -0.124. The number of rotatable bonds is 4. The molecule has 0 spiro atoms. The zero-order valence-electron chi connectivity index (χ0n) is 13.1. The number of carbonyl (C=O) groups excluding carboxylic acids is 2. The van der Waals surface area contributed by atoms with Gasteiger partial charge in [0.2, 0.25) is 5.91 Å². The fourth-order valence-electron chi connectivity index (χ4n) is 2.83. The summed E-state index contributed by atoms with van der Waals surface area (Å²) in [7, 11) is 0. The highest BCUT2D eigenvalue weighted by molar-refractivity contribution is 7.13. The molecule has 3 N–H and O–H groups in total. The third kappa shape index (κ3) is 3.72. The fourth-order valence-corrected chi connectivity index (χ4v) is 3.35. The maximum absolute atomic E-state index is 12.2. The van der Waals surface area contributed by atoms with Gasteiger partial charge in [-0.05, 0) is 5.56 Å². The Balaban J connectivity index is 1.61. The molecule has 24 heavy (non-hydrogen) atoms. The Morgan fingerprint density at radius 2 is 1.88 bits per heavy atom. The Kier molecular flexibility index (Phi) is 5.07. The molecule has 8 heteroatoms. The summed E-state index contributed by atoms with van der Waals surface area (Å²) in [6, 6.07) is 8.86. The lowest BCUT2D eigenvalue weighted by Gasteiger charge is -2.38. The number of hydrogen-bond donors (Lipinski definition) is 2. The highest BCUT2D eigenvalue weighted by Crippen LogP contribution is 2.22.